The monoisotopic (exact) mass is 439 g/mol. The summed E-state index contributed by atoms with van der Waals surface area (Å²) in [5.41, 5.74) is 7.48. The van der Waals surface area contributed by atoms with Gasteiger partial charge in [-0.15, -0.1) is 0 Å². The van der Waals surface area contributed by atoms with Crippen LogP contribution in [-0.2, 0) is 22.6 Å². The number of ether oxygens (including phenoxy) is 1. The largest absolute Gasteiger partial charge is 0.489 e. The molecule has 2 aromatic rings. The van der Waals surface area contributed by atoms with Crippen molar-refractivity contribution in [1.29, 1.82) is 0 Å². The number of primary amides is 1. The molecule has 2 rings (SSSR count). The summed E-state index contributed by atoms with van der Waals surface area (Å²) in [6.07, 6.45) is 1.43. The molecule has 2 amide bonds. The lowest BCUT2D eigenvalue weighted by Crippen LogP contribution is -2.48. The van der Waals surface area contributed by atoms with Gasteiger partial charge in [-0.05, 0) is 56.9 Å². The summed E-state index contributed by atoms with van der Waals surface area (Å²) in [6.45, 7) is 9.21. The average molecular weight is 440 g/mol. The van der Waals surface area contributed by atoms with Crippen molar-refractivity contribution < 1.29 is 14.3 Å². The first-order valence-corrected chi connectivity index (χ1v) is 11.2. The lowest BCUT2D eigenvalue weighted by Gasteiger charge is -2.26. The zero-order valence-electron chi connectivity index (χ0n) is 19.7. The molecular weight excluding hydrogens is 402 g/mol. The molecule has 0 aliphatic carbocycles. The van der Waals surface area contributed by atoms with Crippen LogP contribution < -0.4 is 21.1 Å². The normalized spacial score (nSPS) is 13.2. The van der Waals surface area contributed by atoms with Crippen LogP contribution in [0.25, 0.3) is 0 Å². The lowest BCUT2D eigenvalue weighted by atomic mass is 10.0. The van der Waals surface area contributed by atoms with E-state index in [0.717, 1.165) is 16.9 Å². The molecule has 6 heteroatoms. The maximum absolute atomic E-state index is 12.5. The molecule has 0 bridgehead atoms. The van der Waals surface area contributed by atoms with E-state index in [4.69, 9.17) is 10.5 Å². The van der Waals surface area contributed by atoms with Crippen molar-refractivity contribution in [2.24, 2.45) is 11.7 Å². The van der Waals surface area contributed by atoms with E-state index >= 15 is 0 Å². The summed E-state index contributed by atoms with van der Waals surface area (Å²) in [5, 5.41) is 6.58. The predicted molar refractivity (Wildman–Crippen MR) is 128 cm³/mol. The Hall–Kier alpha value is -2.86. The maximum Gasteiger partial charge on any atom is 0.220 e. The van der Waals surface area contributed by atoms with E-state index in [2.05, 4.69) is 31.4 Å². The number of hydrogen-bond acceptors (Lipinski definition) is 4. The quantitative estimate of drug-likeness (QED) is 0.471. The van der Waals surface area contributed by atoms with Gasteiger partial charge in [0.2, 0.25) is 11.8 Å². The van der Waals surface area contributed by atoms with E-state index in [1.165, 1.54) is 0 Å². The molecule has 2 atom stereocenters. The van der Waals surface area contributed by atoms with Crippen LogP contribution in [0.4, 0.5) is 0 Å². The van der Waals surface area contributed by atoms with Gasteiger partial charge in [0.05, 0.1) is 0 Å². The van der Waals surface area contributed by atoms with Crippen molar-refractivity contribution in [3.8, 4) is 5.75 Å². The van der Waals surface area contributed by atoms with Crippen LogP contribution in [-0.4, -0.2) is 29.9 Å². The summed E-state index contributed by atoms with van der Waals surface area (Å²) in [4.78, 5) is 23.7. The summed E-state index contributed by atoms with van der Waals surface area (Å²) >= 11 is 0. The zero-order valence-corrected chi connectivity index (χ0v) is 19.7. The van der Waals surface area contributed by atoms with Crippen molar-refractivity contribution in [2.75, 3.05) is 6.54 Å². The molecule has 0 heterocycles. The van der Waals surface area contributed by atoms with E-state index in [1.54, 1.807) is 6.92 Å². The van der Waals surface area contributed by atoms with Gasteiger partial charge in [-0.3, -0.25) is 9.59 Å². The molecule has 0 aliphatic rings. The molecule has 0 aromatic heterocycles. The van der Waals surface area contributed by atoms with Crippen molar-refractivity contribution >= 4 is 11.8 Å². The highest BCUT2D eigenvalue weighted by Gasteiger charge is 2.18. The molecule has 0 saturated heterocycles. The number of hydrogen-bond donors (Lipinski definition) is 3. The van der Waals surface area contributed by atoms with E-state index in [1.807, 2.05) is 54.6 Å². The van der Waals surface area contributed by atoms with Crippen molar-refractivity contribution in [3.63, 3.8) is 0 Å². The molecule has 174 valence electrons. The maximum atomic E-state index is 12.5. The van der Waals surface area contributed by atoms with E-state index < -0.39 is 0 Å². The highest BCUT2D eigenvalue weighted by Crippen LogP contribution is 2.16. The van der Waals surface area contributed by atoms with Crippen molar-refractivity contribution in [1.82, 2.24) is 10.6 Å². The Morgan fingerprint density at radius 3 is 2.25 bits per heavy atom. The molecule has 0 fully saturated rings. The number of rotatable bonds is 12. The minimum absolute atomic E-state index is 0.0569. The number of benzene rings is 2. The van der Waals surface area contributed by atoms with Crippen molar-refractivity contribution in [3.05, 3.63) is 65.7 Å². The fourth-order valence-corrected chi connectivity index (χ4v) is 3.14. The second-order valence-corrected chi connectivity index (χ2v) is 9.36. The second-order valence-electron chi connectivity index (χ2n) is 9.36. The molecule has 0 spiro atoms. The van der Waals surface area contributed by atoms with Crippen molar-refractivity contribution in [2.45, 2.75) is 65.1 Å². The number of amides is 2. The van der Waals surface area contributed by atoms with Crippen LogP contribution in [0, 0.1) is 5.92 Å². The number of nitrogens with two attached hydrogens (primary N) is 1. The van der Waals surface area contributed by atoms with Gasteiger partial charge in [-0.2, -0.15) is 0 Å². The second kappa shape index (κ2) is 12.2. The lowest BCUT2D eigenvalue weighted by molar-refractivity contribution is -0.123. The molecular formula is C26H37N3O3. The number of carbonyl (C=O) groups excluding carboxylic acids is 2. The Morgan fingerprint density at radius 2 is 1.66 bits per heavy atom. The van der Waals surface area contributed by atoms with Gasteiger partial charge in [0.25, 0.3) is 0 Å². The Bertz CT molecular complexity index is 845. The SMILES string of the molecule is CC(CCC(=O)NC(CNC(C)(C)C)Cc1ccc(OCc2ccccc2)cc1)C(N)=O. The van der Waals surface area contributed by atoms with Gasteiger partial charge < -0.3 is 21.1 Å². The smallest absolute Gasteiger partial charge is 0.220 e. The summed E-state index contributed by atoms with van der Waals surface area (Å²) in [6, 6.07) is 18.0. The van der Waals surface area contributed by atoms with E-state index in [-0.39, 0.29) is 35.7 Å². The molecule has 0 saturated carbocycles. The third kappa shape index (κ3) is 9.96. The fourth-order valence-electron chi connectivity index (χ4n) is 3.14. The zero-order chi connectivity index (χ0) is 23.6. The Balaban J connectivity index is 1.93. The third-order valence-electron chi connectivity index (χ3n) is 5.19. The number of nitrogens with one attached hydrogen (secondary N) is 2. The molecule has 0 radical (unpaired) electrons. The standard InChI is InChI=1S/C26H37N3O3/c1-19(25(27)31)10-15-24(30)29-22(17-28-26(2,3)4)16-20-11-13-23(14-12-20)32-18-21-8-6-5-7-9-21/h5-9,11-14,19,22,28H,10,15-18H2,1-4H3,(H2,27,31)(H,29,30). The fraction of sp³-hybridized carbons (Fsp3) is 0.462. The summed E-state index contributed by atoms with van der Waals surface area (Å²) in [5.74, 6) is 0.0571. The minimum atomic E-state index is -0.377. The molecule has 6 nitrogen and oxygen atoms in total. The van der Waals surface area contributed by atoms with Crippen LogP contribution in [0.3, 0.4) is 0 Å². The summed E-state index contributed by atoms with van der Waals surface area (Å²) in [7, 11) is 0. The molecule has 0 aliphatic heterocycles. The van der Waals surface area contributed by atoms with Gasteiger partial charge in [0, 0.05) is 30.5 Å². The minimum Gasteiger partial charge on any atom is -0.489 e. The highest BCUT2D eigenvalue weighted by atomic mass is 16.5. The van der Waals surface area contributed by atoms with Gasteiger partial charge in [0.15, 0.2) is 0 Å². The average Bonchev–Trinajstić information content (AvgIpc) is 2.75. The van der Waals surface area contributed by atoms with Gasteiger partial charge in [0.1, 0.15) is 12.4 Å². The molecule has 2 aromatic carbocycles. The Labute approximate surface area is 191 Å². The third-order valence-corrected chi connectivity index (χ3v) is 5.19. The van der Waals surface area contributed by atoms with Crippen LogP contribution in [0.2, 0.25) is 0 Å². The van der Waals surface area contributed by atoms with Crippen LogP contribution in [0.15, 0.2) is 54.6 Å². The predicted octanol–water partition coefficient (Wildman–Crippen LogP) is 3.58. The van der Waals surface area contributed by atoms with Crippen LogP contribution in [0.5, 0.6) is 5.75 Å². The first-order chi connectivity index (χ1) is 15.1. The Morgan fingerprint density at radius 1 is 1.00 bits per heavy atom. The Kier molecular flexibility index (Phi) is 9.72. The van der Waals surface area contributed by atoms with Crippen LogP contribution in [0.1, 0.15) is 51.7 Å². The first kappa shape index (κ1) is 25.4. The van der Waals surface area contributed by atoms with Gasteiger partial charge in [-0.1, -0.05) is 49.4 Å². The molecule has 2 unspecified atom stereocenters. The summed E-state index contributed by atoms with van der Waals surface area (Å²) < 4.78 is 5.86. The first-order valence-electron chi connectivity index (χ1n) is 11.2. The molecule has 4 N–H and O–H groups in total. The van der Waals surface area contributed by atoms with Gasteiger partial charge in [-0.25, -0.2) is 0 Å². The number of carbonyl (C=O) groups is 2. The van der Waals surface area contributed by atoms with E-state index in [9.17, 15) is 9.59 Å². The van der Waals surface area contributed by atoms with E-state index in [0.29, 0.717) is 26.0 Å². The highest BCUT2D eigenvalue weighted by molar-refractivity contribution is 5.79. The topological polar surface area (TPSA) is 93.4 Å². The van der Waals surface area contributed by atoms with Gasteiger partial charge >= 0.3 is 0 Å². The van der Waals surface area contributed by atoms with Crippen LogP contribution >= 0.6 is 0 Å². The molecule has 32 heavy (non-hydrogen) atoms.